The lowest BCUT2D eigenvalue weighted by Gasteiger charge is -2.27. The molecule has 1 aromatic rings. The molecule has 3 aliphatic rings. The first kappa shape index (κ1) is 21.7. The van der Waals surface area contributed by atoms with E-state index in [1.54, 1.807) is 29.3 Å². The van der Waals surface area contributed by atoms with Gasteiger partial charge < -0.3 is 15.0 Å². The number of rotatable bonds is 5. The highest BCUT2D eigenvalue weighted by molar-refractivity contribution is 7.90. The van der Waals surface area contributed by atoms with Crippen molar-refractivity contribution in [3.8, 4) is 0 Å². The van der Waals surface area contributed by atoms with E-state index in [1.165, 1.54) is 22.5 Å². The summed E-state index contributed by atoms with van der Waals surface area (Å²) in [6, 6.07) is 6.56. The number of nitrogens with zero attached hydrogens (tertiary/aromatic N) is 3. The molecular formula is C19H22N4O6S2. The van der Waals surface area contributed by atoms with Crippen LogP contribution in [0.2, 0.25) is 0 Å². The molecule has 166 valence electrons. The smallest absolute Gasteiger partial charge is 0.256 e. The third-order valence-corrected chi connectivity index (χ3v) is 8.25. The van der Waals surface area contributed by atoms with Crippen molar-refractivity contribution in [3.05, 3.63) is 53.8 Å². The van der Waals surface area contributed by atoms with Gasteiger partial charge in [0.25, 0.3) is 15.9 Å². The van der Waals surface area contributed by atoms with Crippen LogP contribution in [-0.2, 0) is 36.1 Å². The quantitative estimate of drug-likeness (QED) is 0.638. The second kappa shape index (κ2) is 8.54. The SMILES string of the molecule is O=C(NCc1ccccc1S(=O)(=O)N1CCOCC1)C1=CN2CCS(=O)(=O)N=C2C=C1. The molecule has 1 N–H and O–H groups in total. The van der Waals surface area contributed by atoms with Crippen molar-refractivity contribution in [2.75, 3.05) is 38.6 Å². The minimum Gasteiger partial charge on any atom is -0.379 e. The fraction of sp³-hybridized carbons (Fsp3) is 0.368. The minimum absolute atomic E-state index is 0.0269. The Labute approximate surface area is 181 Å². The third kappa shape index (κ3) is 4.71. The number of nitrogens with one attached hydrogen (secondary N) is 1. The summed E-state index contributed by atoms with van der Waals surface area (Å²) in [7, 11) is -7.17. The van der Waals surface area contributed by atoms with Gasteiger partial charge in [-0.15, -0.1) is 4.40 Å². The van der Waals surface area contributed by atoms with Crippen LogP contribution in [0.3, 0.4) is 0 Å². The Hall–Kier alpha value is -2.54. The average molecular weight is 467 g/mol. The van der Waals surface area contributed by atoms with Gasteiger partial charge in [0.05, 0.1) is 29.4 Å². The summed E-state index contributed by atoms with van der Waals surface area (Å²) in [6.45, 7) is 1.51. The number of ether oxygens (including phenoxy) is 1. The van der Waals surface area contributed by atoms with E-state index in [9.17, 15) is 21.6 Å². The van der Waals surface area contributed by atoms with E-state index in [4.69, 9.17) is 4.74 Å². The van der Waals surface area contributed by atoms with Gasteiger partial charge in [0.1, 0.15) is 5.84 Å². The maximum absolute atomic E-state index is 13.0. The number of sulfonamides is 2. The largest absolute Gasteiger partial charge is 0.379 e. The first-order valence-corrected chi connectivity index (χ1v) is 12.7. The highest BCUT2D eigenvalue weighted by Crippen LogP contribution is 2.22. The van der Waals surface area contributed by atoms with Crippen molar-refractivity contribution in [3.63, 3.8) is 0 Å². The molecule has 0 spiro atoms. The molecule has 0 atom stereocenters. The van der Waals surface area contributed by atoms with Crippen LogP contribution in [-0.4, -0.2) is 76.4 Å². The zero-order chi connectivity index (χ0) is 22.1. The van der Waals surface area contributed by atoms with E-state index in [2.05, 4.69) is 9.71 Å². The fourth-order valence-electron chi connectivity index (χ4n) is 3.44. The van der Waals surface area contributed by atoms with Crippen LogP contribution < -0.4 is 5.32 Å². The van der Waals surface area contributed by atoms with Crippen molar-refractivity contribution in [1.82, 2.24) is 14.5 Å². The normalized spacial score (nSPS) is 21.1. The maximum atomic E-state index is 13.0. The van der Waals surface area contributed by atoms with Crippen molar-refractivity contribution in [2.45, 2.75) is 11.4 Å². The molecule has 0 bridgehead atoms. The molecule has 12 heteroatoms. The molecular weight excluding hydrogens is 444 g/mol. The summed E-state index contributed by atoms with van der Waals surface area (Å²) in [5, 5.41) is 2.74. The minimum atomic E-state index is -3.70. The Morgan fingerprint density at radius 2 is 1.87 bits per heavy atom. The molecule has 4 rings (SSSR count). The molecule has 3 heterocycles. The van der Waals surface area contributed by atoms with Gasteiger partial charge >= 0.3 is 0 Å². The van der Waals surface area contributed by atoms with Crippen LogP contribution >= 0.6 is 0 Å². The van der Waals surface area contributed by atoms with Gasteiger partial charge in [0.2, 0.25) is 10.0 Å². The predicted molar refractivity (Wildman–Crippen MR) is 113 cm³/mol. The average Bonchev–Trinajstić information content (AvgIpc) is 2.77. The highest BCUT2D eigenvalue weighted by atomic mass is 32.2. The number of hydrogen-bond acceptors (Lipinski definition) is 7. The van der Waals surface area contributed by atoms with E-state index in [0.29, 0.717) is 24.4 Å². The predicted octanol–water partition coefficient (Wildman–Crippen LogP) is -0.179. The third-order valence-electron chi connectivity index (χ3n) is 5.09. The molecule has 0 saturated carbocycles. The molecule has 0 aliphatic carbocycles. The molecule has 1 amide bonds. The second-order valence-electron chi connectivity index (χ2n) is 7.15. The number of fused-ring (bicyclic) bond motifs is 1. The van der Waals surface area contributed by atoms with Crippen LogP contribution in [0.4, 0.5) is 0 Å². The molecule has 1 fully saturated rings. The first-order valence-electron chi connectivity index (χ1n) is 9.69. The lowest BCUT2D eigenvalue weighted by Crippen LogP contribution is -2.41. The highest BCUT2D eigenvalue weighted by Gasteiger charge is 2.29. The van der Waals surface area contributed by atoms with E-state index >= 15 is 0 Å². The summed E-state index contributed by atoms with van der Waals surface area (Å²) >= 11 is 0. The molecule has 1 aromatic carbocycles. The lowest BCUT2D eigenvalue weighted by molar-refractivity contribution is -0.117. The Morgan fingerprint density at radius 3 is 2.65 bits per heavy atom. The molecule has 10 nitrogen and oxygen atoms in total. The number of morpholine rings is 1. The number of carbonyl (C=O) groups excluding carboxylic acids is 1. The topological polar surface area (TPSA) is 125 Å². The Kier molecular flexibility index (Phi) is 5.97. The zero-order valence-corrected chi connectivity index (χ0v) is 18.2. The Morgan fingerprint density at radius 1 is 1.13 bits per heavy atom. The van der Waals surface area contributed by atoms with Gasteiger partial charge in [-0.25, -0.2) is 16.8 Å². The molecule has 0 unspecified atom stereocenters. The van der Waals surface area contributed by atoms with E-state index in [-0.39, 0.29) is 42.7 Å². The van der Waals surface area contributed by atoms with Gasteiger partial charge in [-0.05, 0) is 23.8 Å². The zero-order valence-electron chi connectivity index (χ0n) is 16.6. The molecule has 31 heavy (non-hydrogen) atoms. The van der Waals surface area contributed by atoms with Crippen molar-refractivity contribution in [2.24, 2.45) is 4.40 Å². The number of hydrogen-bond donors (Lipinski definition) is 1. The number of benzene rings is 1. The molecule has 1 saturated heterocycles. The fourth-order valence-corrected chi connectivity index (χ4v) is 6.04. The van der Waals surface area contributed by atoms with Crippen LogP contribution in [0.25, 0.3) is 0 Å². The summed E-state index contributed by atoms with van der Waals surface area (Å²) in [5.74, 6) is -0.255. The first-order chi connectivity index (χ1) is 14.8. The Balaban J connectivity index is 1.48. The van der Waals surface area contributed by atoms with E-state index in [1.807, 2.05) is 0 Å². The number of amides is 1. The van der Waals surface area contributed by atoms with E-state index < -0.39 is 26.0 Å². The van der Waals surface area contributed by atoms with Gasteiger partial charge in [0, 0.05) is 32.4 Å². The second-order valence-corrected chi connectivity index (χ2v) is 10.8. The van der Waals surface area contributed by atoms with Crippen LogP contribution in [0.1, 0.15) is 5.56 Å². The van der Waals surface area contributed by atoms with Crippen molar-refractivity contribution in [1.29, 1.82) is 0 Å². The summed E-state index contributed by atoms with van der Waals surface area (Å²) in [5.41, 5.74) is 0.806. The van der Waals surface area contributed by atoms with Crippen LogP contribution in [0, 0.1) is 0 Å². The van der Waals surface area contributed by atoms with Gasteiger partial charge in [0.15, 0.2) is 0 Å². The lowest BCUT2D eigenvalue weighted by atomic mass is 10.1. The standard InChI is InChI=1S/C19H22N4O6S2/c24-19(16-5-6-18-21-30(25,26)12-9-22(18)14-16)20-13-15-3-1-2-4-17(15)31(27,28)23-7-10-29-11-8-23/h1-6,14H,7-13H2,(H,20,24). The molecule has 0 radical (unpaired) electrons. The monoisotopic (exact) mass is 466 g/mol. The van der Waals surface area contributed by atoms with Crippen LogP contribution in [0.5, 0.6) is 0 Å². The van der Waals surface area contributed by atoms with Gasteiger partial charge in [-0.1, -0.05) is 18.2 Å². The van der Waals surface area contributed by atoms with Crippen molar-refractivity contribution >= 4 is 31.8 Å². The van der Waals surface area contributed by atoms with Crippen molar-refractivity contribution < 1.29 is 26.4 Å². The van der Waals surface area contributed by atoms with Gasteiger partial charge in [-0.3, -0.25) is 4.79 Å². The summed E-state index contributed by atoms with van der Waals surface area (Å²) in [6.07, 6.45) is 4.50. The Bertz CT molecular complexity index is 1180. The van der Waals surface area contributed by atoms with Crippen LogP contribution in [0.15, 0.2) is 57.5 Å². The number of carbonyl (C=O) groups is 1. The van der Waals surface area contributed by atoms with Gasteiger partial charge in [-0.2, -0.15) is 4.31 Å². The number of amidine groups is 1. The van der Waals surface area contributed by atoms with E-state index in [0.717, 1.165) is 0 Å². The molecule has 3 aliphatic heterocycles. The maximum Gasteiger partial charge on any atom is 0.256 e. The summed E-state index contributed by atoms with van der Waals surface area (Å²) in [4.78, 5) is 14.4. The summed E-state index contributed by atoms with van der Waals surface area (Å²) < 4.78 is 59.6. The molecule has 0 aromatic heterocycles.